The Hall–Kier alpha value is -1.57. The Morgan fingerprint density at radius 2 is 2.05 bits per heavy atom. The van der Waals surface area contributed by atoms with Gasteiger partial charge in [0.2, 0.25) is 0 Å². The predicted molar refractivity (Wildman–Crippen MR) is 99.5 cm³/mol. The first-order valence-electron chi connectivity index (χ1n) is 7.51. The molecule has 1 aromatic heterocycles. The van der Waals surface area contributed by atoms with Gasteiger partial charge in [0.05, 0.1) is 0 Å². The summed E-state index contributed by atoms with van der Waals surface area (Å²) in [5.74, 6) is 2.19. The third-order valence-electron chi connectivity index (χ3n) is 3.93. The maximum absolute atomic E-state index is 6.31. The molecule has 1 fully saturated rings. The maximum atomic E-state index is 6.31. The van der Waals surface area contributed by atoms with Crippen molar-refractivity contribution < 1.29 is 0 Å². The molecule has 6 heteroatoms. The Morgan fingerprint density at radius 1 is 1.27 bits per heavy atom. The Morgan fingerprint density at radius 3 is 2.77 bits per heavy atom. The van der Waals surface area contributed by atoms with Crippen molar-refractivity contribution in [3.63, 3.8) is 0 Å². The highest BCUT2D eigenvalue weighted by molar-refractivity contribution is 14.1. The average Bonchev–Trinajstić information content (AvgIpc) is 2.51. The van der Waals surface area contributed by atoms with Crippen LogP contribution in [0.15, 0.2) is 30.6 Å². The van der Waals surface area contributed by atoms with Gasteiger partial charge in [-0.1, -0.05) is 6.92 Å². The molecule has 0 aliphatic carbocycles. The molecule has 1 aliphatic rings. The number of anilines is 4. The molecule has 116 valence electrons. The van der Waals surface area contributed by atoms with E-state index in [1.165, 1.54) is 16.4 Å². The highest BCUT2D eigenvalue weighted by atomic mass is 127. The number of aromatic nitrogens is 2. The van der Waals surface area contributed by atoms with Crippen LogP contribution in [-0.2, 0) is 0 Å². The topological polar surface area (TPSA) is 67.1 Å². The lowest BCUT2D eigenvalue weighted by Gasteiger charge is -2.32. The molecular weight excluding hydrogens is 389 g/mol. The molecule has 0 spiro atoms. The van der Waals surface area contributed by atoms with Gasteiger partial charge in [0.25, 0.3) is 0 Å². The lowest BCUT2D eigenvalue weighted by Crippen LogP contribution is -2.35. The molecule has 1 unspecified atom stereocenters. The van der Waals surface area contributed by atoms with Crippen LogP contribution >= 0.6 is 22.6 Å². The summed E-state index contributed by atoms with van der Waals surface area (Å²) in [6.45, 7) is 4.28. The van der Waals surface area contributed by atoms with Gasteiger partial charge in [-0.15, -0.1) is 0 Å². The van der Waals surface area contributed by atoms with Crippen molar-refractivity contribution in [1.29, 1.82) is 0 Å². The van der Waals surface area contributed by atoms with E-state index in [1.54, 1.807) is 6.33 Å². The molecule has 1 aliphatic heterocycles. The van der Waals surface area contributed by atoms with Crippen molar-refractivity contribution >= 4 is 45.6 Å². The second kappa shape index (κ2) is 6.68. The number of nitrogens with zero attached hydrogens (tertiary/aromatic N) is 3. The number of halogens is 1. The van der Waals surface area contributed by atoms with Crippen LogP contribution in [0.25, 0.3) is 0 Å². The zero-order chi connectivity index (χ0) is 15.5. The molecule has 2 heterocycles. The summed E-state index contributed by atoms with van der Waals surface area (Å²) in [5.41, 5.74) is 7.90. The summed E-state index contributed by atoms with van der Waals surface area (Å²) in [7, 11) is 0. The van der Waals surface area contributed by atoms with E-state index in [0.717, 1.165) is 24.6 Å². The van der Waals surface area contributed by atoms with E-state index in [-0.39, 0.29) is 0 Å². The van der Waals surface area contributed by atoms with E-state index in [0.29, 0.717) is 17.4 Å². The van der Waals surface area contributed by atoms with Crippen LogP contribution in [0.2, 0.25) is 0 Å². The third kappa shape index (κ3) is 3.43. The first-order chi connectivity index (χ1) is 10.6. The number of nitrogen functional groups attached to an aromatic ring is 1. The number of piperidine rings is 1. The molecule has 22 heavy (non-hydrogen) atoms. The zero-order valence-electron chi connectivity index (χ0n) is 12.6. The SMILES string of the molecule is CC1CCCN(c2ncnc(Nc3ccc(I)cc3)c2N)C1. The van der Waals surface area contributed by atoms with Crippen LogP contribution in [-0.4, -0.2) is 23.1 Å². The summed E-state index contributed by atoms with van der Waals surface area (Å²) in [6, 6.07) is 8.14. The highest BCUT2D eigenvalue weighted by Gasteiger charge is 2.21. The van der Waals surface area contributed by atoms with Gasteiger partial charge in [-0.25, -0.2) is 9.97 Å². The van der Waals surface area contributed by atoms with Gasteiger partial charge in [-0.05, 0) is 65.6 Å². The van der Waals surface area contributed by atoms with Crippen LogP contribution in [0.4, 0.5) is 23.0 Å². The molecule has 2 aromatic rings. The Kier molecular flexibility index (Phi) is 4.66. The van der Waals surface area contributed by atoms with Crippen LogP contribution in [0.3, 0.4) is 0 Å². The molecule has 5 nitrogen and oxygen atoms in total. The Balaban J connectivity index is 1.83. The minimum Gasteiger partial charge on any atom is -0.393 e. The number of nitrogens with two attached hydrogens (primary N) is 1. The molecular formula is C16H20IN5. The molecule has 1 aromatic carbocycles. The number of hydrogen-bond acceptors (Lipinski definition) is 5. The van der Waals surface area contributed by atoms with Crippen molar-refractivity contribution in [2.45, 2.75) is 19.8 Å². The Bertz CT molecular complexity index is 643. The van der Waals surface area contributed by atoms with Crippen LogP contribution < -0.4 is 16.0 Å². The fourth-order valence-electron chi connectivity index (χ4n) is 2.79. The molecule has 1 atom stereocenters. The lowest BCUT2D eigenvalue weighted by atomic mass is 10.0. The Labute approximate surface area is 144 Å². The van der Waals surface area contributed by atoms with Crippen molar-refractivity contribution in [2.75, 3.05) is 29.0 Å². The summed E-state index contributed by atoms with van der Waals surface area (Å²) >= 11 is 2.29. The molecule has 0 saturated carbocycles. The average molecular weight is 409 g/mol. The predicted octanol–water partition coefficient (Wildman–Crippen LogP) is 3.64. The largest absolute Gasteiger partial charge is 0.393 e. The van der Waals surface area contributed by atoms with Crippen LogP contribution in [0.5, 0.6) is 0 Å². The lowest BCUT2D eigenvalue weighted by molar-refractivity contribution is 0.445. The smallest absolute Gasteiger partial charge is 0.159 e. The monoisotopic (exact) mass is 409 g/mol. The second-order valence-corrected chi connectivity index (χ2v) is 7.03. The number of benzene rings is 1. The summed E-state index contributed by atoms with van der Waals surface area (Å²) < 4.78 is 1.20. The minimum absolute atomic E-state index is 0.621. The van der Waals surface area contributed by atoms with E-state index < -0.39 is 0 Å². The van der Waals surface area contributed by atoms with E-state index >= 15 is 0 Å². The normalized spacial score (nSPS) is 18.3. The first-order valence-corrected chi connectivity index (χ1v) is 8.59. The molecule has 3 N–H and O–H groups in total. The van der Waals surface area contributed by atoms with E-state index in [2.05, 4.69) is 49.7 Å². The van der Waals surface area contributed by atoms with Gasteiger partial charge in [0.1, 0.15) is 12.0 Å². The fraction of sp³-hybridized carbons (Fsp3) is 0.375. The van der Waals surface area contributed by atoms with Crippen LogP contribution in [0, 0.1) is 9.49 Å². The van der Waals surface area contributed by atoms with Gasteiger partial charge in [0, 0.05) is 22.3 Å². The molecule has 0 amide bonds. The molecule has 1 saturated heterocycles. The second-order valence-electron chi connectivity index (χ2n) is 5.78. The zero-order valence-corrected chi connectivity index (χ0v) is 14.7. The number of rotatable bonds is 3. The van der Waals surface area contributed by atoms with Gasteiger partial charge >= 0.3 is 0 Å². The molecule has 0 bridgehead atoms. The standard InChI is InChI=1S/C16H20IN5/c1-11-3-2-8-22(9-11)16-14(18)15(19-10-20-16)21-13-6-4-12(17)5-7-13/h4-7,10-11H,2-3,8-9,18H2,1H3,(H,19,20,21). The summed E-state index contributed by atoms with van der Waals surface area (Å²) in [4.78, 5) is 11.0. The van der Waals surface area contributed by atoms with Crippen molar-refractivity contribution in [3.05, 3.63) is 34.2 Å². The summed E-state index contributed by atoms with van der Waals surface area (Å²) in [6.07, 6.45) is 4.04. The minimum atomic E-state index is 0.621. The van der Waals surface area contributed by atoms with E-state index in [9.17, 15) is 0 Å². The van der Waals surface area contributed by atoms with E-state index in [4.69, 9.17) is 5.73 Å². The van der Waals surface area contributed by atoms with Crippen molar-refractivity contribution in [1.82, 2.24) is 9.97 Å². The van der Waals surface area contributed by atoms with E-state index in [1.807, 2.05) is 24.3 Å². The molecule has 3 rings (SSSR count). The van der Waals surface area contributed by atoms with Crippen LogP contribution in [0.1, 0.15) is 19.8 Å². The fourth-order valence-corrected chi connectivity index (χ4v) is 3.15. The quantitative estimate of drug-likeness (QED) is 0.758. The number of nitrogens with one attached hydrogen (secondary N) is 1. The van der Waals surface area contributed by atoms with Crippen molar-refractivity contribution in [2.24, 2.45) is 5.92 Å². The highest BCUT2D eigenvalue weighted by Crippen LogP contribution is 2.31. The third-order valence-corrected chi connectivity index (χ3v) is 4.65. The van der Waals surface area contributed by atoms with Gasteiger partial charge in [-0.2, -0.15) is 0 Å². The summed E-state index contributed by atoms with van der Waals surface area (Å²) in [5, 5.41) is 3.28. The first kappa shape index (κ1) is 15.3. The van der Waals surface area contributed by atoms with Gasteiger partial charge < -0.3 is 16.0 Å². The van der Waals surface area contributed by atoms with Crippen molar-refractivity contribution in [3.8, 4) is 0 Å². The van der Waals surface area contributed by atoms with Gasteiger partial charge in [-0.3, -0.25) is 0 Å². The molecule has 0 radical (unpaired) electrons. The number of hydrogen-bond donors (Lipinski definition) is 2. The maximum Gasteiger partial charge on any atom is 0.159 e. The van der Waals surface area contributed by atoms with Gasteiger partial charge in [0.15, 0.2) is 11.6 Å².